The van der Waals surface area contributed by atoms with Crippen LogP contribution in [-0.4, -0.2) is 62.1 Å². The van der Waals surface area contributed by atoms with Gasteiger partial charge in [-0.25, -0.2) is 13.2 Å². The second-order valence-electron chi connectivity index (χ2n) is 8.17. The van der Waals surface area contributed by atoms with Gasteiger partial charge in [-0.3, -0.25) is 0 Å². The van der Waals surface area contributed by atoms with Gasteiger partial charge in [-0.2, -0.15) is 4.31 Å². The molecule has 3 fully saturated rings. The molecular formula is C20H27ClN2O5S. The van der Waals surface area contributed by atoms with Gasteiger partial charge in [-0.1, -0.05) is 18.0 Å². The average molecular weight is 443 g/mol. The van der Waals surface area contributed by atoms with Crippen LogP contribution in [0.25, 0.3) is 0 Å². The summed E-state index contributed by atoms with van der Waals surface area (Å²) >= 11 is 6.02. The minimum atomic E-state index is -3.73. The fourth-order valence-electron chi connectivity index (χ4n) is 4.77. The predicted octanol–water partition coefficient (Wildman–Crippen LogP) is 3.66. The summed E-state index contributed by atoms with van der Waals surface area (Å²) in [5, 5.41) is 0.344. The number of halogens is 1. The SMILES string of the molecule is COc1ccc(Cl)cc1S(=O)(=O)N1CCC(N2CC3(CCCCC3)OC2=O)CC1. The van der Waals surface area contributed by atoms with E-state index in [2.05, 4.69) is 0 Å². The van der Waals surface area contributed by atoms with Crippen LogP contribution >= 0.6 is 11.6 Å². The van der Waals surface area contributed by atoms with Crippen molar-refractivity contribution in [1.82, 2.24) is 9.21 Å². The molecular weight excluding hydrogens is 416 g/mol. The molecule has 4 rings (SSSR count). The Hall–Kier alpha value is -1.51. The zero-order valence-corrected chi connectivity index (χ0v) is 18.2. The van der Waals surface area contributed by atoms with Crippen LogP contribution in [0.1, 0.15) is 44.9 Å². The number of methoxy groups -OCH3 is 1. The molecule has 2 saturated heterocycles. The van der Waals surface area contributed by atoms with Crippen molar-refractivity contribution in [3.05, 3.63) is 23.2 Å². The molecule has 0 radical (unpaired) electrons. The number of carbonyl (C=O) groups excluding carboxylic acids is 1. The minimum Gasteiger partial charge on any atom is -0.495 e. The van der Waals surface area contributed by atoms with Crippen molar-refractivity contribution in [2.75, 3.05) is 26.7 Å². The molecule has 1 aromatic rings. The number of carbonyl (C=O) groups is 1. The molecule has 3 aliphatic rings. The third kappa shape index (κ3) is 3.94. The third-order valence-electron chi connectivity index (χ3n) is 6.37. The molecule has 1 aliphatic carbocycles. The van der Waals surface area contributed by atoms with Gasteiger partial charge in [-0.15, -0.1) is 0 Å². The highest BCUT2D eigenvalue weighted by molar-refractivity contribution is 7.89. The van der Waals surface area contributed by atoms with E-state index in [9.17, 15) is 13.2 Å². The average Bonchev–Trinajstić information content (AvgIpc) is 3.04. The number of hydrogen-bond donors (Lipinski definition) is 0. The lowest BCUT2D eigenvalue weighted by molar-refractivity contribution is 0.0259. The summed E-state index contributed by atoms with van der Waals surface area (Å²) < 4.78 is 38.7. The van der Waals surface area contributed by atoms with E-state index in [-0.39, 0.29) is 28.4 Å². The highest BCUT2D eigenvalue weighted by Crippen LogP contribution is 2.39. The van der Waals surface area contributed by atoms with E-state index in [4.69, 9.17) is 21.1 Å². The zero-order valence-electron chi connectivity index (χ0n) is 16.6. The summed E-state index contributed by atoms with van der Waals surface area (Å²) in [6, 6.07) is 4.60. The van der Waals surface area contributed by atoms with Gasteiger partial charge < -0.3 is 14.4 Å². The van der Waals surface area contributed by atoms with Crippen LogP contribution in [0, 0.1) is 0 Å². The third-order valence-corrected chi connectivity index (χ3v) is 8.52. The van der Waals surface area contributed by atoms with Gasteiger partial charge in [-0.05, 0) is 56.7 Å². The predicted molar refractivity (Wildman–Crippen MR) is 109 cm³/mol. The molecule has 1 saturated carbocycles. The van der Waals surface area contributed by atoms with Crippen molar-refractivity contribution < 1.29 is 22.7 Å². The van der Waals surface area contributed by atoms with E-state index in [0.29, 0.717) is 37.5 Å². The minimum absolute atomic E-state index is 0.0107. The maximum absolute atomic E-state index is 13.1. The molecule has 0 atom stereocenters. The molecule has 2 aliphatic heterocycles. The van der Waals surface area contributed by atoms with Crippen molar-refractivity contribution in [2.24, 2.45) is 0 Å². The van der Waals surface area contributed by atoms with Crippen LogP contribution in [-0.2, 0) is 14.8 Å². The lowest BCUT2D eigenvalue weighted by Crippen LogP contribution is -2.48. The van der Waals surface area contributed by atoms with Crippen LogP contribution in [0.5, 0.6) is 5.75 Å². The lowest BCUT2D eigenvalue weighted by Gasteiger charge is -2.36. The maximum atomic E-state index is 13.1. The van der Waals surface area contributed by atoms with Crippen molar-refractivity contribution >= 4 is 27.7 Å². The summed E-state index contributed by atoms with van der Waals surface area (Å²) in [5.41, 5.74) is -0.327. The highest BCUT2D eigenvalue weighted by atomic mass is 35.5. The van der Waals surface area contributed by atoms with E-state index in [1.54, 1.807) is 12.1 Å². The number of sulfonamides is 1. The summed E-state index contributed by atoms with van der Waals surface area (Å²) in [6.07, 6.45) is 6.18. The zero-order chi connectivity index (χ0) is 20.6. The van der Waals surface area contributed by atoms with E-state index >= 15 is 0 Å². The lowest BCUT2D eigenvalue weighted by atomic mass is 9.84. The number of benzene rings is 1. The Morgan fingerprint density at radius 1 is 1.17 bits per heavy atom. The Kier molecular flexibility index (Phi) is 5.70. The Bertz CT molecular complexity index is 877. The Balaban J connectivity index is 1.44. The first-order valence-electron chi connectivity index (χ1n) is 10.2. The van der Waals surface area contributed by atoms with Gasteiger partial charge in [0, 0.05) is 24.2 Å². The van der Waals surface area contributed by atoms with E-state index in [1.807, 2.05) is 4.90 Å². The van der Waals surface area contributed by atoms with Crippen LogP contribution < -0.4 is 4.74 Å². The number of piperidine rings is 1. The summed E-state index contributed by atoms with van der Waals surface area (Å²) in [6.45, 7) is 1.32. The number of amides is 1. The van der Waals surface area contributed by atoms with E-state index < -0.39 is 10.0 Å². The number of nitrogens with zero attached hydrogens (tertiary/aromatic N) is 2. The summed E-state index contributed by atoms with van der Waals surface area (Å²) in [7, 11) is -2.29. The van der Waals surface area contributed by atoms with Gasteiger partial charge >= 0.3 is 6.09 Å². The second-order valence-corrected chi connectivity index (χ2v) is 10.5. The largest absolute Gasteiger partial charge is 0.495 e. The molecule has 1 amide bonds. The summed E-state index contributed by atoms with van der Waals surface area (Å²) in [5.74, 6) is 0.277. The quantitative estimate of drug-likeness (QED) is 0.711. The first-order valence-corrected chi connectivity index (χ1v) is 12.0. The smallest absolute Gasteiger partial charge is 0.410 e. The van der Waals surface area contributed by atoms with Gasteiger partial charge in [0.15, 0.2) is 0 Å². The normalized spacial score (nSPS) is 23.4. The molecule has 29 heavy (non-hydrogen) atoms. The van der Waals surface area contributed by atoms with Gasteiger partial charge in [0.2, 0.25) is 10.0 Å². The van der Waals surface area contributed by atoms with Crippen LogP contribution in [0.2, 0.25) is 5.02 Å². The number of hydrogen-bond acceptors (Lipinski definition) is 5. The molecule has 9 heteroatoms. The molecule has 1 spiro atoms. The van der Waals surface area contributed by atoms with Crippen molar-refractivity contribution in [1.29, 1.82) is 0 Å². The molecule has 2 heterocycles. The standard InChI is InChI=1S/C20H27ClN2O5S/c1-27-17-6-5-15(21)13-18(17)29(25,26)22-11-7-16(8-12-22)23-14-20(28-19(23)24)9-3-2-4-10-20/h5-6,13,16H,2-4,7-12,14H2,1H3. The first kappa shape index (κ1) is 20.8. The Morgan fingerprint density at radius 2 is 1.86 bits per heavy atom. The highest BCUT2D eigenvalue weighted by Gasteiger charge is 2.48. The first-order chi connectivity index (χ1) is 13.8. The van der Waals surface area contributed by atoms with Crippen molar-refractivity contribution in [2.45, 2.75) is 61.5 Å². The van der Waals surface area contributed by atoms with Gasteiger partial charge in [0.25, 0.3) is 0 Å². The fourth-order valence-corrected chi connectivity index (χ4v) is 6.66. The summed E-state index contributed by atoms with van der Waals surface area (Å²) in [4.78, 5) is 14.4. The van der Waals surface area contributed by atoms with Crippen LogP contribution in [0.4, 0.5) is 4.79 Å². The Labute approximate surface area is 176 Å². The van der Waals surface area contributed by atoms with Crippen LogP contribution in [0.15, 0.2) is 23.1 Å². The number of ether oxygens (including phenoxy) is 2. The molecule has 1 aromatic carbocycles. The van der Waals surface area contributed by atoms with Crippen LogP contribution in [0.3, 0.4) is 0 Å². The molecule has 0 N–H and O–H groups in total. The monoisotopic (exact) mass is 442 g/mol. The fraction of sp³-hybridized carbons (Fsp3) is 0.650. The van der Waals surface area contributed by atoms with E-state index in [1.165, 1.54) is 23.9 Å². The van der Waals surface area contributed by atoms with Crippen molar-refractivity contribution in [3.63, 3.8) is 0 Å². The van der Waals surface area contributed by atoms with Gasteiger partial charge in [0.05, 0.1) is 13.7 Å². The van der Waals surface area contributed by atoms with E-state index in [0.717, 1.165) is 25.7 Å². The Morgan fingerprint density at radius 3 is 2.52 bits per heavy atom. The van der Waals surface area contributed by atoms with Gasteiger partial charge in [0.1, 0.15) is 16.2 Å². The second kappa shape index (κ2) is 7.96. The molecule has 0 aromatic heterocycles. The van der Waals surface area contributed by atoms with Crippen molar-refractivity contribution in [3.8, 4) is 5.75 Å². The molecule has 160 valence electrons. The molecule has 7 nitrogen and oxygen atoms in total. The molecule has 0 bridgehead atoms. The topological polar surface area (TPSA) is 76.2 Å². The molecule has 0 unspecified atom stereocenters. The maximum Gasteiger partial charge on any atom is 0.410 e. The number of rotatable bonds is 4.